The van der Waals surface area contributed by atoms with Crippen LogP contribution < -0.4 is 10.1 Å². The summed E-state index contributed by atoms with van der Waals surface area (Å²) in [6.07, 6.45) is 4.65. The van der Waals surface area contributed by atoms with Gasteiger partial charge in [0.05, 0.1) is 7.11 Å². The van der Waals surface area contributed by atoms with Crippen molar-refractivity contribution in [1.82, 2.24) is 15.2 Å². The molecule has 0 aliphatic carbocycles. The summed E-state index contributed by atoms with van der Waals surface area (Å²) < 4.78 is 5.45. The van der Waals surface area contributed by atoms with E-state index in [1.54, 1.807) is 7.11 Å². The highest BCUT2D eigenvalue weighted by atomic mass is 16.5. The van der Waals surface area contributed by atoms with Crippen molar-refractivity contribution < 1.29 is 4.74 Å². The van der Waals surface area contributed by atoms with Gasteiger partial charge in [0.2, 0.25) is 0 Å². The van der Waals surface area contributed by atoms with E-state index in [9.17, 15) is 0 Å². The molecule has 0 aliphatic rings. The van der Waals surface area contributed by atoms with Gasteiger partial charge in [0, 0.05) is 44.6 Å². The van der Waals surface area contributed by atoms with Gasteiger partial charge >= 0.3 is 0 Å². The SMILES string of the molecule is CCNC(=NCCc1ccncc1C)N(C)Cc1ccccc1OC. The van der Waals surface area contributed by atoms with Crippen LogP contribution in [0.4, 0.5) is 0 Å². The molecule has 0 saturated heterocycles. The summed E-state index contributed by atoms with van der Waals surface area (Å²) >= 11 is 0. The number of guanidine groups is 1. The Morgan fingerprint density at radius 1 is 1.24 bits per heavy atom. The first-order valence-electron chi connectivity index (χ1n) is 8.66. The largest absolute Gasteiger partial charge is 0.496 e. The van der Waals surface area contributed by atoms with Gasteiger partial charge in [0.25, 0.3) is 0 Å². The molecule has 0 amide bonds. The lowest BCUT2D eigenvalue weighted by molar-refractivity contribution is 0.396. The number of aryl methyl sites for hydroxylation is 1. The summed E-state index contributed by atoms with van der Waals surface area (Å²) in [4.78, 5) is 11.0. The number of hydrogen-bond acceptors (Lipinski definition) is 3. The second-order valence-electron chi connectivity index (χ2n) is 5.96. The van der Waals surface area contributed by atoms with E-state index in [4.69, 9.17) is 9.73 Å². The molecular formula is C20H28N4O. The highest BCUT2D eigenvalue weighted by Gasteiger charge is 2.09. The maximum absolute atomic E-state index is 5.45. The fraction of sp³-hybridized carbons (Fsp3) is 0.400. The maximum atomic E-state index is 5.45. The lowest BCUT2D eigenvalue weighted by Gasteiger charge is -2.23. The molecule has 0 saturated carbocycles. The lowest BCUT2D eigenvalue weighted by atomic mass is 10.1. The molecule has 0 radical (unpaired) electrons. The van der Waals surface area contributed by atoms with Crippen LogP contribution in [0, 0.1) is 6.92 Å². The number of ether oxygens (including phenoxy) is 1. The van der Waals surface area contributed by atoms with Crippen LogP contribution in [0.25, 0.3) is 0 Å². The van der Waals surface area contributed by atoms with Crippen molar-refractivity contribution in [2.24, 2.45) is 4.99 Å². The van der Waals surface area contributed by atoms with Gasteiger partial charge in [-0.15, -0.1) is 0 Å². The van der Waals surface area contributed by atoms with Crippen LogP contribution in [0.3, 0.4) is 0 Å². The van der Waals surface area contributed by atoms with Gasteiger partial charge in [0.15, 0.2) is 5.96 Å². The quantitative estimate of drug-likeness (QED) is 0.622. The number of aliphatic imine (C=N–C) groups is 1. The molecule has 134 valence electrons. The van der Waals surface area contributed by atoms with Gasteiger partial charge in [-0.25, -0.2) is 0 Å². The zero-order valence-corrected chi connectivity index (χ0v) is 15.6. The topological polar surface area (TPSA) is 49.8 Å². The molecule has 0 unspecified atom stereocenters. The van der Waals surface area contributed by atoms with Gasteiger partial charge < -0.3 is 15.0 Å². The van der Waals surface area contributed by atoms with Crippen LogP contribution in [0.2, 0.25) is 0 Å². The molecule has 5 nitrogen and oxygen atoms in total. The van der Waals surface area contributed by atoms with Gasteiger partial charge in [-0.2, -0.15) is 0 Å². The van der Waals surface area contributed by atoms with Gasteiger partial charge in [0.1, 0.15) is 5.75 Å². The second kappa shape index (κ2) is 9.67. The molecule has 0 fully saturated rings. The van der Waals surface area contributed by atoms with Crippen LogP contribution in [-0.2, 0) is 13.0 Å². The summed E-state index contributed by atoms with van der Waals surface area (Å²) in [5.74, 6) is 1.80. The minimum absolute atomic E-state index is 0.740. The van der Waals surface area contributed by atoms with Crippen molar-refractivity contribution in [3.8, 4) is 5.75 Å². The predicted molar refractivity (Wildman–Crippen MR) is 103 cm³/mol. The second-order valence-corrected chi connectivity index (χ2v) is 5.96. The molecule has 1 heterocycles. The molecule has 2 rings (SSSR count). The molecule has 0 spiro atoms. The number of pyridine rings is 1. The fourth-order valence-electron chi connectivity index (χ4n) is 2.70. The number of para-hydroxylation sites is 1. The molecule has 25 heavy (non-hydrogen) atoms. The van der Waals surface area contributed by atoms with Gasteiger partial charge in [-0.1, -0.05) is 18.2 Å². The number of nitrogens with one attached hydrogen (secondary N) is 1. The van der Waals surface area contributed by atoms with Crippen LogP contribution >= 0.6 is 0 Å². The Morgan fingerprint density at radius 2 is 2.04 bits per heavy atom. The summed E-state index contributed by atoms with van der Waals surface area (Å²) in [6, 6.07) is 10.1. The third-order valence-electron chi connectivity index (χ3n) is 4.08. The first-order valence-corrected chi connectivity index (χ1v) is 8.66. The first-order chi connectivity index (χ1) is 12.2. The third-order valence-corrected chi connectivity index (χ3v) is 4.08. The standard InChI is InChI=1S/C20H28N4O/c1-5-22-20(23-13-11-17-10-12-21-14-16(17)2)24(3)15-18-8-6-7-9-19(18)25-4/h6-10,12,14H,5,11,13,15H2,1-4H3,(H,22,23). The number of nitrogens with zero attached hydrogens (tertiary/aromatic N) is 3. The first kappa shape index (κ1) is 18.8. The van der Waals surface area contributed by atoms with Gasteiger partial charge in [-0.3, -0.25) is 9.98 Å². The van der Waals surface area contributed by atoms with Crippen molar-refractivity contribution in [2.45, 2.75) is 26.8 Å². The summed E-state index contributed by atoms with van der Waals surface area (Å²) in [6.45, 7) is 6.49. The van der Waals surface area contributed by atoms with Crippen molar-refractivity contribution in [2.75, 3.05) is 27.2 Å². The van der Waals surface area contributed by atoms with Gasteiger partial charge in [-0.05, 0) is 43.5 Å². The van der Waals surface area contributed by atoms with E-state index in [0.717, 1.165) is 43.3 Å². The Bertz CT molecular complexity index is 700. The normalized spacial score (nSPS) is 11.3. The maximum Gasteiger partial charge on any atom is 0.193 e. The number of benzene rings is 1. The van der Waals surface area contributed by atoms with Crippen LogP contribution in [-0.4, -0.2) is 43.1 Å². The predicted octanol–water partition coefficient (Wildman–Crippen LogP) is 3.04. The van der Waals surface area contributed by atoms with E-state index in [-0.39, 0.29) is 0 Å². The molecule has 0 atom stereocenters. The highest BCUT2D eigenvalue weighted by Crippen LogP contribution is 2.18. The van der Waals surface area contributed by atoms with Crippen molar-refractivity contribution >= 4 is 5.96 Å². The Morgan fingerprint density at radius 3 is 2.76 bits per heavy atom. The number of aromatic nitrogens is 1. The number of rotatable bonds is 7. The Balaban J connectivity index is 2.04. The zero-order valence-electron chi connectivity index (χ0n) is 15.6. The molecule has 1 aromatic heterocycles. The van der Waals surface area contributed by atoms with E-state index >= 15 is 0 Å². The molecule has 1 N–H and O–H groups in total. The average Bonchev–Trinajstić information content (AvgIpc) is 2.63. The Labute approximate surface area is 150 Å². The number of methoxy groups -OCH3 is 1. The summed E-state index contributed by atoms with van der Waals surface area (Å²) in [5, 5.41) is 3.36. The highest BCUT2D eigenvalue weighted by molar-refractivity contribution is 5.79. The van der Waals surface area contributed by atoms with E-state index in [1.165, 1.54) is 11.1 Å². The molecule has 1 aromatic carbocycles. The summed E-state index contributed by atoms with van der Waals surface area (Å²) in [7, 11) is 3.75. The van der Waals surface area contributed by atoms with Crippen molar-refractivity contribution in [3.05, 3.63) is 59.4 Å². The molecule has 0 aliphatic heterocycles. The summed E-state index contributed by atoms with van der Waals surface area (Å²) in [5.41, 5.74) is 3.65. The van der Waals surface area contributed by atoms with Crippen LogP contribution in [0.1, 0.15) is 23.6 Å². The lowest BCUT2D eigenvalue weighted by Crippen LogP contribution is -2.38. The van der Waals surface area contributed by atoms with E-state index in [1.807, 2.05) is 37.6 Å². The zero-order chi connectivity index (χ0) is 18.1. The van der Waals surface area contributed by atoms with Crippen molar-refractivity contribution in [1.29, 1.82) is 0 Å². The minimum atomic E-state index is 0.740. The average molecular weight is 340 g/mol. The van der Waals surface area contributed by atoms with E-state index in [0.29, 0.717) is 0 Å². The smallest absolute Gasteiger partial charge is 0.193 e. The van der Waals surface area contributed by atoms with Crippen LogP contribution in [0.15, 0.2) is 47.7 Å². The van der Waals surface area contributed by atoms with E-state index in [2.05, 4.69) is 41.2 Å². The molecule has 0 bridgehead atoms. The Hall–Kier alpha value is -2.56. The minimum Gasteiger partial charge on any atom is -0.496 e. The monoisotopic (exact) mass is 340 g/mol. The molecule has 2 aromatic rings. The van der Waals surface area contributed by atoms with Crippen LogP contribution in [0.5, 0.6) is 5.75 Å². The fourth-order valence-corrected chi connectivity index (χ4v) is 2.70. The molecule has 5 heteroatoms. The van der Waals surface area contributed by atoms with Crippen molar-refractivity contribution in [3.63, 3.8) is 0 Å². The number of hydrogen-bond donors (Lipinski definition) is 1. The molecular weight excluding hydrogens is 312 g/mol. The van der Waals surface area contributed by atoms with E-state index < -0.39 is 0 Å². The Kier molecular flexibility index (Phi) is 7.26. The third kappa shape index (κ3) is 5.48.